The van der Waals surface area contributed by atoms with Crippen molar-refractivity contribution in [2.45, 2.75) is 13.5 Å². The molecule has 0 aliphatic carbocycles. The van der Waals surface area contributed by atoms with Gasteiger partial charge in [0.1, 0.15) is 12.3 Å². The Balaban J connectivity index is 1.83. The van der Waals surface area contributed by atoms with Gasteiger partial charge in [-0.1, -0.05) is 17.4 Å². The van der Waals surface area contributed by atoms with Crippen LogP contribution < -0.4 is 19.2 Å². The summed E-state index contributed by atoms with van der Waals surface area (Å²) in [6.45, 7) is 2.06. The molecule has 0 saturated heterocycles. The van der Waals surface area contributed by atoms with E-state index in [2.05, 4.69) is 5.32 Å². The molecule has 3 rings (SSSR count). The van der Waals surface area contributed by atoms with Gasteiger partial charge >= 0.3 is 4.87 Å². The highest BCUT2D eigenvalue weighted by molar-refractivity contribution is 7.92. The molecule has 0 unspecified atom stereocenters. The Hall–Kier alpha value is -2.85. The van der Waals surface area contributed by atoms with E-state index in [0.717, 1.165) is 32.1 Å². The van der Waals surface area contributed by atoms with Crippen molar-refractivity contribution >= 4 is 48.9 Å². The van der Waals surface area contributed by atoms with E-state index in [4.69, 9.17) is 4.74 Å². The van der Waals surface area contributed by atoms with Gasteiger partial charge in [-0.3, -0.25) is 18.5 Å². The van der Waals surface area contributed by atoms with Crippen LogP contribution in [0.2, 0.25) is 0 Å². The highest BCUT2D eigenvalue weighted by Gasteiger charge is 2.21. The molecule has 0 aliphatic rings. The monoisotopic (exact) mass is 435 g/mol. The fourth-order valence-corrected chi connectivity index (χ4v) is 4.78. The minimum Gasteiger partial charge on any atom is -0.497 e. The number of carbonyl (C=O) groups is 1. The number of hydrogen-bond donors (Lipinski definition) is 1. The van der Waals surface area contributed by atoms with Crippen molar-refractivity contribution in [3.05, 3.63) is 52.1 Å². The van der Waals surface area contributed by atoms with Crippen molar-refractivity contribution in [3.63, 3.8) is 0 Å². The summed E-state index contributed by atoms with van der Waals surface area (Å²) in [5.74, 6) is -0.0165. The Bertz CT molecular complexity index is 1210. The Morgan fingerprint density at radius 3 is 2.66 bits per heavy atom. The predicted molar refractivity (Wildman–Crippen MR) is 116 cm³/mol. The van der Waals surface area contributed by atoms with Crippen LogP contribution in [0.25, 0.3) is 10.2 Å². The van der Waals surface area contributed by atoms with Gasteiger partial charge in [-0.05, 0) is 37.3 Å². The van der Waals surface area contributed by atoms with Crippen molar-refractivity contribution in [2.24, 2.45) is 0 Å². The first-order chi connectivity index (χ1) is 13.7. The van der Waals surface area contributed by atoms with Gasteiger partial charge in [-0.25, -0.2) is 8.42 Å². The van der Waals surface area contributed by atoms with E-state index in [1.165, 1.54) is 7.11 Å². The van der Waals surface area contributed by atoms with Crippen LogP contribution in [0.1, 0.15) is 6.92 Å². The van der Waals surface area contributed by atoms with Gasteiger partial charge in [0.15, 0.2) is 0 Å². The zero-order valence-corrected chi connectivity index (χ0v) is 17.8. The van der Waals surface area contributed by atoms with Gasteiger partial charge in [0, 0.05) is 18.3 Å². The van der Waals surface area contributed by atoms with Gasteiger partial charge in [-0.2, -0.15) is 0 Å². The largest absolute Gasteiger partial charge is 0.497 e. The van der Waals surface area contributed by atoms with Crippen LogP contribution in [-0.4, -0.2) is 38.8 Å². The fraction of sp³-hybridized carbons (Fsp3) is 0.263. The summed E-state index contributed by atoms with van der Waals surface area (Å²) in [4.78, 5) is 24.5. The van der Waals surface area contributed by atoms with Crippen LogP contribution in [0.15, 0.2) is 47.3 Å². The molecule has 2 aromatic carbocycles. The Labute approximate surface area is 172 Å². The van der Waals surface area contributed by atoms with Gasteiger partial charge in [0.2, 0.25) is 15.9 Å². The first-order valence-electron chi connectivity index (χ1n) is 8.78. The molecule has 1 aromatic heterocycles. The summed E-state index contributed by atoms with van der Waals surface area (Å²) in [5.41, 5.74) is 1.62. The number of benzene rings is 2. The first kappa shape index (κ1) is 20.9. The Kier molecular flexibility index (Phi) is 5.94. The average Bonchev–Trinajstić information content (AvgIpc) is 2.99. The second-order valence-corrected chi connectivity index (χ2v) is 9.21. The molecule has 1 heterocycles. The number of hydrogen-bond acceptors (Lipinski definition) is 6. The standard InChI is InChI=1S/C19H21N3O5S2/c1-4-21-16-9-8-13(10-17(16)28-19(21)24)20-18(23)12-22(29(3,25)26)14-6-5-7-15(11-14)27-2/h5-11H,4,12H2,1-3H3,(H,20,23). The molecule has 1 amide bonds. The molecule has 0 bridgehead atoms. The third-order valence-electron chi connectivity index (χ3n) is 4.30. The number of rotatable bonds is 7. The maximum atomic E-state index is 12.5. The van der Waals surface area contributed by atoms with E-state index in [1.807, 2.05) is 6.92 Å². The van der Waals surface area contributed by atoms with Crippen molar-refractivity contribution in [2.75, 3.05) is 29.5 Å². The van der Waals surface area contributed by atoms with Crippen LogP contribution in [0.3, 0.4) is 0 Å². The number of aromatic nitrogens is 1. The highest BCUT2D eigenvalue weighted by Crippen LogP contribution is 2.24. The van der Waals surface area contributed by atoms with Crippen LogP contribution in [0, 0.1) is 0 Å². The maximum absolute atomic E-state index is 12.5. The molecule has 10 heteroatoms. The number of methoxy groups -OCH3 is 1. The van der Waals surface area contributed by atoms with Gasteiger partial charge < -0.3 is 10.1 Å². The van der Waals surface area contributed by atoms with E-state index >= 15 is 0 Å². The van der Waals surface area contributed by atoms with Crippen LogP contribution in [0.5, 0.6) is 5.75 Å². The zero-order valence-electron chi connectivity index (χ0n) is 16.2. The lowest BCUT2D eigenvalue weighted by Gasteiger charge is -2.22. The number of fused-ring (bicyclic) bond motifs is 1. The molecule has 8 nitrogen and oxygen atoms in total. The molecule has 154 valence electrons. The molecule has 0 spiro atoms. The van der Waals surface area contributed by atoms with Crippen molar-refractivity contribution < 1.29 is 17.9 Å². The fourth-order valence-electron chi connectivity index (χ4n) is 2.94. The second-order valence-electron chi connectivity index (χ2n) is 6.31. The summed E-state index contributed by atoms with van der Waals surface area (Å²) in [6.07, 6.45) is 1.04. The van der Waals surface area contributed by atoms with Crippen molar-refractivity contribution in [1.29, 1.82) is 0 Å². The van der Waals surface area contributed by atoms with Gasteiger partial charge in [0.25, 0.3) is 0 Å². The minimum atomic E-state index is -3.70. The Morgan fingerprint density at radius 2 is 2.00 bits per heavy atom. The Morgan fingerprint density at radius 1 is 1.24 bits per heavy atom. The molecule has 0 saturated carbocycles. The molecule has 0 atom stereocenters. The normalized spacial score (nSPS) is 11.4. The van der Waals surface area contributed by atoms with Gasteiger partial charge in [0.05, 0.1) is 29.3 Å². The van der Waals surface area contributed by atoms with Crippen LogP contribution >= 0.6 is 11.3 Å². The molecule has 0 fully saturated rings. The average molecular weight is 436 g/mol. The molecular formula is C19H21N3O5S2. The number of thiazole rings is 1. The lowest BCUT2D eigenvalue weighted by molar-refractivity contribution is -0.114. The minimum absolute atomic E-state index is 0.0627. The number of sulfonamides is 1. The highest BCUT2D eigenvalue weighted by atomic mass is 32.2. The maximum Gasteiger partial charge on any atom is 0.308 e. The number of carbonyl (C=O) groups excluding carboxylic acids is 1. The lowest BCUT2D eigenvalue weighted by Crippen LogP contribution is -2.37. The second kappa shape index (κ2) is 8.26. The van der Waals surface area contributed by atoms with Crippen LogP contribution in [-0.2, 0) is 21.4 Å². The van der Waals surface area contributed by atoms with Gasteiger partial charge in [-0.15, -0.1) is 0 Å². The summed E-state index contributed by atoms with van der Waals surface area (Å²) in [7, 11) is -2.22. The summed E-state index contributed by atoms with van der Waals surface area (Å²) < 4.78 is 33.0. The van der Waals surface area contributed by atoms with Crippen molar-refractivity contribution in [3.8, 4) is 5.75 Å². The number of nitrogens with one attached hydrogen (secondary N) is 1. The lowest BCUT2D eigenvalue weighted by atomic mass is 10.3. The topological polar surface area (TPSA) is 97.7 Å². The molecule has 0 aliphatic heterocycles. The molecule has 29 heavy (non-hydrogen) atoms. The number of nitrogens with zero attached hydrogens (tertiary/aromatic N) is 2. The number of ether oxygens (including phenoxy) is 1. The number of aryl methyl sites for hydroxylation is 1. The smallest absolute Gasteiger partial charge is 0.308 e. The van der Waals surface area contributed by atoms with E-state index < -0.39 is 22.5 Å². The van der Waals surface area contributed by atoms with E-state index in [0.29, 0.717) is 23.7 Å². The molecule has 1 N–H and O–H groups in total. The SMILES string of the molecule is CCn1c(=O)sc2cc(NC(=O)CN(c3cccc(OC)c3)S(C)(=O)=O)ccc21. The third kappa shape index (κ3) is 4.60. The summed E-state index contributed by atoms with van der Waals surface area (Å²) in [5, 5.41) is 2.70. The van der Waals surface area contributed by atoms with E-state index in [-0.39, 0.29) is 4.87 Å². The zero-order chi connectivity index (χ0) is 21.2. The van der Waals surface area contributed by atoms with Crippen LogP contribution in [0.4, 0.5) is 11.4 Å². The molecule has 0 radical (unpaired) electrons. The number of amides is 1. The third-order valence-corrected chi connectivity index (χ3v) is 6.38. The summed E-state index contributed by atoms with van der Waals surface area (Å²) >= 11 is 1.10. The van der Waals surface area contributed by atoms with E-state index in [1.54, 1.807) is 47.0 Å². The van der Waals surface area contributed by atoms with E-state index in [9.17, 15) is 18.0 Å². The molecular weight excluding hydrogens is 414 g/mol. The quantitative estimate of drug-likeness (QED) is 0.615. The number of anilines is 2. The first-order valence-corrected chi connectivity index (χ1v) is 11.4. The van der Waals surface area contributed by atoms with Crippen molar-refractivity contribution in [1.82, 2.24) is 4.57 Å². The predicted octanol–water partition coefficient (Wildman–Crippen LogP) is 2.50. The summed E-state index contributed by atoms with van der Waals surface area (Å²) in [6, 6.07) is 11.6. The molecule has 3 aromatic rings.